The van der Waals surface area contributed by atoms with Crippen LogP contribution in [-0.2, 0) is 22.5 Å². The maximum atomic E-state index is 12.8. The van der Waals surface area contributed by atoms with Crippen molar-refractivity contribution in [2.45, 2.75) is 50.7 Å². The Labute approximate surface area is 176 Å². The SMILES string of the molecule is C[C@H]1CN(C(=O)[C@@H](N)Cc2cnc[nH]2)Cc2nnc(C3CCOCC3)n21.Cl.Cl. The Balaban J connectivity index is 0.00000140. The Morgan fingerprint density at radius 2 is 2.11 bits per heavy atom. The molecule has 2 aromatic rings. The van der Waals surface area contributed by atoms with E-state index >= 15 is 0 Å². The molecule has 1 amide bonds. The lowest BCUT2D eigenvalue weighted by Gasteiger charge is -2.35. The second kappa shape index (κ2) is 9.69. The molecule has 28 heavy (non-hydrogen) atoms. The fourth-order valence-corrected chi connectivity index (χ4v) is 3.92. The quantitative estimate of drug-likeness (QED) is 0.751. The molecule has 0 unspecified atom stereocenters. The molecule has 4 heterocycles. The van der Waals surface area contributed by atoms with Crippen molar-refractivity contribution in [3.63, 3.8) is 0 Å². The van der Waals surface area contributed by atoms with Gasteiger partial charge in [-0.1, -0.05) is 0 Å². The van der Waals surface area contributed by atoms with Crippen LogP contribution in [0.15, 0.2) is 12.5 Å². The molecule has 9 nitrogen and oxygen atoms in total. The summed E-state index contributed by atoms with van der Waals surface area (Å²) in [6.07, 6.45) is 5.69. The number of nitrogens with zero attached hydrogens (tertiary/aromatic N) is 5. The summed E-state index contributed by atoms with van der Waals surface area (Å²) in [5, 5.41) is 8.82. The maximum absolute atomic E-state index is 12.8. The number of nitrogens with two attached hydrogens (primary N) is 1. The lowest BCUT2D eigenvalue weighted by atomic mass is 9.98. The fraction of sp³-hybridized carbons (Fsp3) is 0.647. The third-order valence-electron chi connectivity index (χ3n) is 5.26. The van der Waals surface area contributed by atoms with Gasteiger partial charge in [-0.2, -0.15) is 0 Å². The summed E-state index contributed by atoms with van der Waals surface area (Å²) in [6, 6.07) is -0.456. The van der Waals surface area contributed by atoms with E-state index in [1.165, 1.54) is 0 Å². The van der Waals surface area contributed by atoms with Crippen LogP contribution in [-0.4, -0.2) is 61.3 Å². The second-order valence-corrected chi connectivity index (χ2v) is 7.19. The molecule has 1 saturated heterocycles. The molecule has 0 radical (unpaired) electrons. The van der Waals surface area contributed by atoms with Crippen molar-refractivity contribution in [3.05, 3.63) is 29.9 Å². The van der Waals surface area contributed by atoms with Gasteiger partial charge in [0.05, 0.1) is 25.0 Å². The van der Waals surface area contributed by atoms with E-state index in [9.17, 15) is 4.79 Å². The summed E-state index contributed by atoms with van der Waals surface area (Å²) in [4.78, 5) is 21.5. The van der Waals surface area contributed by atoms with E-state index in [0.717, 1.165) is 43.4 Å². The van der Waals surface area contributed by atoms with Crippen molar-refractivity contribution in [1.82, 2.24) is 29.6 Å². The highest BCUT2D eigenvalue weighted by Gasteiger charge is 2.33. The number of carbonyl (C=O) groups is 1. The molecule has 4 rings (SSSR count). The summed E-state index contributed by atoms with van der Waals surface area (Å²) in [5.74, 6) is 2.20. The van der Waals surface area contributed by atoms with Gasteiger partial charge >= 0.3 is 0 Å². The first kappa shape index (κ1) is 22.6. The van der Waals surface area contributed by atoms with Crippen molar-refractivity contribution >= 4 is 30.7 Å². The Bertz CT molecular complexity index is 762. The van der Waals surface area contributed by atoms with E-state index in [-0.39, 0.29) is 36.8 Å². The van der Waals surface area contributed by atoms with Crippen molar-refractivity contribution < 1.29 is 9.53 Å². The number of aromatic nitrogens is 5. The molecular weight excluding hydrogens is 405 g/mol. The lowest BCUT2D eigenvalue weighted by Crippen LogP contribution is -2.49. The predicted molar refractivity (Wildman–Crippen MR) is 108 cm³/mol. The number of hydrogen-bond donors (Lipinski definition) is 2. The zero-order valence-corrected chi connectivity index (χ0v) is 17.4. The number of imidazole rings is 1. The van der Waals surface area contributed by atoms with Crippen LogP contribution >= 0.6 is 24.8 Å². The number of H-pyrrole nitrogens is 1. The van der Waals surface area contributed by atoms with Gasteiger partial charge in [0, 0.05) is 44.0 Å². The molecule has 0 bridgehead atoms. The number of aromatic amines is 1. The summed E-state index contributed by atoms with van der Waals surface area (Å²) in [5.41, 5.74) is 6.99. The van der Waals surface area contributed by atoms with Crippen LogP contribution in [0.5, 0.6) is 0 Å². The molecular formula is C17H27Cl2N7O2. The molecule has 156 valence electrons. The Morgan fingerprint density at radius 1 is 1.36 bits per heavy atom. The number of amides is 1. The minimum atomic E-state index is -0.591. The average molecular weight is 432 g/mol. The van der Waals surface area contributed by atoms with Crippen LogP contribution in [0.25, 0.3) is 0 Å². The molecule has 0 aromatic carbocycles. The Hall–Kier alpha value is -1.68. The Morgan fingerprint density at radius 3 is 2.79 bits per heavy atom. The Kier molecular flexibility index (Phi) is 7.82. The van der Waals surface area contributed by atoms with Crippen molar-refractivity contribution in [2.24, 2.45) is 5.73 Å². The third-order valence-corrected chi connectivity index (χ3v) is 5.26. The highest BCUT2D eigenvalue weighted by molar-refractivity contribution is 5.85. The summed E-state index contributed by atoms with van der Waals surface area (Å²) >= 11 is 0. The molecule has 1 fully saturated rings. The van der Waals surface area contributed by atoms with Crippen molar-refractivity contribution in [2.75, 3.05) is 19.8 Å². The molecule has 2 aromatic heterocycles. The molecule has 2 aliphatic heterocycles. The van der Waals surface area contributed by atoms with Crippen molar-refractivity contribution in [3.8, 4) is 0 Å². The zero-order chi connectivity index (χ0) is 18.1. The summed E-state index contributed by atoms with van der Waals surface area (Å²) in [6.45, 7) is 4.73. The number of nitrogens with one attached hydrogen (secondary N) is 1. The first-order valence-corrected chi connectivity index (χ1v) is 9.16. The minimum Gasteiger partial charge on any atom is -0.381 e. The van der Waals surface area contributed by atoms with Crippen LogP contribution in [0.3, 0.4) is 0 Å². The van der Waals surface area contributed by atoms with E-state index in [4.69, 9.17) is 10.5 Å². The van der Waals surface area contributed by atoms with Crippen molar-refractivity contribution in [1.29, 1.82) is 0 Å². The number of rotatable bonds is 4. The molecule has 0 aliphatic carbocycles. The van der Waals surface area contributed by atoms with E-state index in [0.29, 0.717) is 25.4 Å². The monoisotopic (exact) mass is 431 g/mol. The van der Waals surface area contributed by atoms with Crippen LogP contribution in [0, 0.1) is 0 Å². The fourth-order valence-electron chi connectivity index (χ4n) is 3.92. The summed E-state index contributed by atoms with van der Waals surface area (Å²) in [7, 11) is 0. The maximum Gasteiger partial charge on any atom is 0.240 e. The lowest BCUT2D eigenvalue weighted by molar-refractivity contribution is -0.134. The van der Waals surface area contributed by atoms with Gasteiger partial charge in [-0.05, 0) is 19.8 Å². The van der Waals surface area contributed by atoms with Crippen LogP contribution in [0.4, 0.5) is 0 Å². The average Bonchev–Trinajstić information content (AvgIpc) is 3.31. The van der Waals surface area contributed by atoms with Gasteiger partial charge < -0.3 is 24.9 Å². The molecule has 3 N–H and O–H groups in total. The first-order chi connectivity index (χ1) is 12.6. The normalized spacial score (nSPS) is 20.6. The van der Waals surface area contributed by atoms with E-state index in [1.807, 2.05) is 0 Å². The number of hydrogen-bond acceptors (Lipinski definition) is 6. The van der Waals surface area contributed by atoms with E-state index < -0.39 is 6.04 Å². The highest BCUT2D eigenvalue weighted by atomic mass is 35.5. The number of halogens is 2. The third kappa shape index (κ3) is 4.48. The number of fused-ring (bicyclic) bond motifs is 1. The zero-order valence-electron chi connectivity index (χ0n) is 15.8. The largest absolute Gasteiger partial charge is 0.381 e. The molecule has 2 atom stereocenters. The number of carbonyl (C=O) groups excluding carboxylic acids is 1. The second-order valence-electron chi connectivity index (χ2n) is 7.19. The van der Waals surface area contributed by atoms with Gasteiger partial charge in [-0.3, -0.25) is 4.79 Å². The van der Waals surface area contributed by atoms with Crippen LogP contribution < -0.4 is 5.73 Å². The summed E-state index contributed by atoms with van der Waals surface area (Å²) < 4.78 is 7.66. The van der Waals surface area contributed by atoms with E-state index in [2.05, 4.69) is 31.7 Å². The topological polar surface area (TPSA) is 115 Å². The minimum absolute atomic E-state index is 0. The van der Waals surface area contributed by atoms with Crippen LogP contribution in [0.1, 0.15) is 49.1 Å². The van der Waals surface area contributed by atoms with Gasteiger partial charge in [-0.25, -0.2) is 4.98 Å². The van der Waals surface area contributed by atoms with Gasteiger partial charge in [0.1, 0.15) is 5.82 Å². The number of ether oxygens (including phenoxy) is 1. The highest BCUT2D eigenvalue weighted by Crippen LogP contribution is 2.30. The van der Waals surface area contributed by atoms with Gasteiger partial charge in [-0.15, -0.1) is 35.0 Å². The molecule has 11 heteroatoms. The predicted octanol–water partition coefficient (Wildman–Crippen LogP) is 1.21. The van der Waals surface area contributed by atoms with Gasteiger partial charge in [0.25, 0.3) is 0 Å². The smallest absolute Gasteiger partial charge is 0.240 e. The molecule has 0 saturated carbocycles. The first-order valence-electron chi connectivity index (χ1n) is 9.16. The standard InChI is InChI=1S/C17H25N7O2.2ClH/c1-11-8-23(17(25)14(18)6-13-7-19-10-20-13)9-15-21-22-16(24(11)15)12-2-4-26-5-3-12;;/h7,10-12,14H,2-6,8-9,18H2,1H3,(H,19,20);2*1H/t11-,14-;;/m0../s1. The molecule has 0 spiro atoms. The van der Waals surface area contributed by atoms with Crippen LogP contribution in [0.2, 0.25) is 0 Å². The van der Waals surface area contributed by atoms with E-state index in [1.54, 1.807) is 17.4 Å². The van der Waals surface area contributed by atoms with Gasteiger partial charge in [0.2, 0.25) is 5.91 Å². The molecule has 2 aliphatic rings. The van der Waals surface area contributed by atoms with Gasteiger partial charge in [0.15, 0.2) is 5.82 Å².